The van der Waals surface area contributed by atoms with Crippen molar-refractivity contribution in [3.05, 3.63) is 0 Å². The molecule has 6 heteroatoms. The van der Waals surface area contributed by atoms with E-state index in [1.807, 2.05) is 0 Å². The van der Waals surface area contributed by atoms with Gasteiger partial charge in [-0.05, 0) is 50.4 Å². The standard InChI is InChI=1S/C19H31N3O3/c1-2-14-3-4-17(23)22(14)15-5-8-20(9-6-15)16-11-19(12-16)7-10-21(13-19)18(24)25/h14-16H,2-13H2,1H3,(H,24,25)/t14-,16?,19?/m0/s1. The van der Waals surface area contributed by atoms with E-state index in [-0.39, 0.29) is 5.41 Å². The van der Waals surface area contributed by atoms with Crippen LogP contribution in [-0.4, -0.2) is 76.1 Å². The van der Waals surface area contributed by atoms with Gasteiger partial charge >= 0.3 is 6.09 Å². The van der Waals surface area contributed by atoms with E-state index in [9.17, 15) is 9.59 Å². The van der Waals surface area contributed by atoms with Crippen LogP contribution in [0.5, 0.6) is 0 Å². The molecule has 0 aromatic heterocycles. The molecular formula is C19H31N3O3. The van der Waals surface area contributed by atoms with Crippen molar-refractivity contribution in [3.8, 4) is 0 Å². The Morgan fingerprint density at radius 3 is 2.48 bits per heavy atom. The summed E-state index contributed by atoms with van der Waals surface area (Å²) in [6.45, 7) is 5.82. The predicted octanol–water partition coefficient (Wildman–Crippen LogP) is 2.38. The largest absolute Gasteiger partial charge is 0.465 e. The van der Waals surface area contributed by atoms with Crippen molar-refractivity contribution in [1.29, 1.82) is 0 Å². The summed E-state index contributed by atoms with van der Waals surface area (Å²) < 4.78 is 0. The molecule has 0 aromatic carbocycles. The van der Waals surface area contributed by atoms with Gasteiger partial charge in [-0.2, -0.15) is 0 Å². The van der Waals surface area contributed by atoms with Crippen molar-refractivity contribution in [2.45, 2.75) is 76.4 Å². The monoisotopic (exact) mass is 349 g/mol. The molecule has 1 N–H and O–H groups in total. The number of amides is 2. The Labute approximate surface area is 150 Å². The molecule has 4 fully saturated rings. The Morgan fingerprint density at radius 2 is 1.88 bits per heavy atom. The minimum Gasteiger partial charge on any atom is -0.465 e. The summed E-state index contributed by atoms with van der Waals surface area (Å²) in [5.74, 6) is 0.368. The number of piperidine rings is 1. The van der Waals surface area contributed by atoms with Crippen LogP contribution in [0.4, 0.5) is 4.79 Å². The summed E-state index contributed by atoms with van der Waals surface area (Å²) in [6.07, 6.45) is 7.65. The van der Waals surface area contributed by atoms with Crippen LogP contribution in [0.15, 0.2) is 0 Å². The number of carbonyl (C=O) groups is 2. The first-order valence-corrected chi connectivity index (χ1v) is 10.0. The Morgan fingerprint density at radius 1 is 1.16 bits per heavy atom. The molecule has 4 aliphatic rings. The van der Waals surface area contributed by atoms with Crippen molar-refractivity contribution in [1.82, 2.24) is 14.7 Å². The van der Waals surface area contributed by atoms with E-state index in [1.165, 1.54) is 0 Å². The van der Waals surface area contributed by atoms with Crippen molar-refractivity contribution in [2.24, 2.45) is 5.41 Å². The molecule has 25 heavy (non-hydrogen) atoms. The molecule has 4 rings (SSSR count). The molecule has 0 unspecified atom stereocenters. The van der Waals surface area contributed by atoms with Gasteiger partial charge < -0.3 is 19.8 Å². The maximum absolute atomic E-state index is 12.2. The molecule has 1 atom stereocenters. The molecule has 2 amide bonds. The van der Waals surface area contributed by atoms with Gasteiger partial charge in [0.05, 0.1) is 0 Å². The highest BCUT2D eigenvalue weighted by Crippen LogP contribution is 2.50. The molecule has 0 aromatic rings. The van der Waals surface area contributed by atoms with E-state index in [1.54, 1.807) is 4.90 Å². The lowest BCUT2D eigenvalue weighted by Crippen LogP contribution is -2.56. The van der Waals surface area contributed by atoms with Crippen LogP contribution in [0.3, 0.4) is 0 Å². The van der Waals surface area contributed by atoms with Crippen molar-refractivity contribution in [2.75, 3.05) is 26.2 Å². The number of rotatable bonds is 3. The van der Waals surface area contributed by atoms with E-state index in [2.05, 4.69) is 16.7 Å². The second-order valence-electron chi connectivity index (χ2n) is 8.69. The summed E-state index contributed by atoms with van der Waals surface area (Å²) in [6, 6.07) is 1.54. The Bertz CT molecular complexity index is 538. The fourth-order valence-electron chi connectivity index (χ4n) is 5.82. The highest BCUT2D eigenvalue weighted by atomic mass is 16.4. The third-order valence-corrected chi connectivity index (χ3v) is 7.30. The number of carbonyl (C=O) groups excluding carboxylic acids is 1. The van der Waals surface area contributed by atoms with Crippen molar-refractivity contribution < 1.29 is 14.7 Å². The maximum atomic E-state index is 12.2. The zero-order valence-electron chi connectivity index (χ0n) is 15.3. The number of likely N-dealkylation sites (tertiary alicyclic amines) is 3. The predicted molar refractivity (Wildman–Crippen MR) is 94.4 cm³/mol. The lowest BCUT2D eigenvalue weighted by Gasteiger charge is -2.52. The fourth-order valence-corrected chi connectivity index (χ4v) is 5.82. The second kappa shape index (κ2) is 6.45. The van der Waals surface area contributed by atoms with Crippen LogP contribution >= 0.6 is 0 Å². The first kappa shape index (κ1) is 17.1. The number of hydrogen-bond acceptors (Lipinski definition) is 3. The van der Waals surface area contributed by atoms with Crippen LogP contribution in [0.1, 0.15) is 58.3 Å². The average molecular weight is 349 g/mol. The smallest absolute Gasteiger partial charge is 0.407 e. The quantitative estimate of drug-likeness (QED) is 0.850. The lowest BCUT2D eigenvalue weighted by molar-refractivity contribution is -0.132. The van der Waals surface area contributed by atoms with Crippen LogP contribution in [0.2, 0.25) is 0 Å². The normalized spacial score (nSPS) is 37.1. The van der Waals surface area contributed by atoms with Crippen molar-refractivity contribution >= 4 is 12.0 Å². The zero-order chi connectivity index (χ0) is 17.6. The number of nitrogens with zero attached hydrogens (tertiary/aromatic N) is 3. The topological polar surface area (TPSA) is 64.1 Å². The number of carboxylic acid groups (broad SMARTS) is 1. The molecule has 6 nitrogen and oxygen atoms in total. The summed E-state index contributed by atoms with van der Waals surface area (Å²) in [4.78, 5) is 29.8. The Hall–Kier alpha value is -1.30. The first-order valence-electron chi connectivity index (χ1n) is 10.0. The highest BCUT2D eigenvalue weighted by molar-refractivity contribution is 5.79. The third-order valence-electron chi connectivity index (χ3n) is 7.30. The Balaban J connectivity index is 1.27. The van der Waals surface area contributed by atoms with Crippen LogP contribution in [-0.2, 0) is 4.79 Å². The molecule has 0 bridgehead atoms. The number of hydrogen-bond donors (Lipinski definition) is 1. The van der Waals surface area contributed by atoms with E-state index in [0.717, 1.165) is 71.0 Å². The van der Waals surface area contributed by atoms with E-state index in [4.69, 9.17) is 5.11 Å². The molecule has 0 radical (unpaired) electrons. The van der Waals surface area contributed by atoms with Gasteiger partial charge in [0.15, 0.2) is 0 Å². The zero-order valence-corrected chi connectivity index (χ0v) is 15.3. The van der Waals surface area contributed by atoms with Gasteiger partial charge in [0.2, 0.25) is 5.91 Å². The molecule has 3 saturated heterocycles. The van der Waals surface area contributed by atoms with Crippen LogP contribution in [0.25, 0.3) is 0 Å². The van der Waals surface area contributed by atoms with Gasteiger partial charge in [-0.3, -0.25) is 4.79 Å². The summed E-state index contributed by atoms with van der Waals surface area (Å²) in [7, 11) is 0. The molecule has 1 spiro atoms. The van der Waals surface area contributed by atoms with Gasteiger partial charge in [-0.25, -0.2) is 4.79 Å². The summed E-state index contributed by atoms with van der Waals surface area (Å²) in [5, 5.41) is 9.16. The molecular weight excluding hydrogens is 318 g/mol. The summed E-state index contributed by atoms with van der Waals surface area (Å²) in [5.41, 5.74) is 0.262. The van der Waals surface area contributed by atoms with Gasteiger partial charge in [0, 0.05) is 50.7 Å². The molecule has 1 saturated carbocycles. The third kappa shape index (κ3) is 3.03. The molecule has 140 valence electrons. The Kier molecular flexibility index (Phi) is 4.42. The molecule has 3 aliphatic heterocycles. The van der Waals surface area contributed by atoms with E-state index in [0.29, 0.717) is 30.6 Å². The lowest BCUT2D eigenvalue weighted by atomic mass is 9.64. The summed E-state index contributed by atoms with van der Waals surface area (Å²) >= 11 is 0. The van der Waals surface area contributed by atoms with E-state index >= 15 is 0 Å². The second-order valence-corrected chi connectivity index (χ2v) is 8.69. The van der Waals surface area contributed by atoms with Gasteiger partial charge in [-0.15, -0.1) is 0 Å². The van der Waals surface area contributed by atoms with E-state index < -0.39 is 6.09 Å². The molecule has 3 heterocycles. The fraction of sp³-hybridized carbons (Fsp3) is 0.895. The minimum absolute atomic E-state index is 0.262. The minimum atomic E-state index is -0.762. The highest BCUT2D eigenvalue weighted by Gasteiger charge is 2.51. The van der Waals surface area contributed by atoms with Crippen LogP contribution in [0, 0.1) is 5.41 Å². The first-order chi connectivity index (χ1) is 12.0. The van der Waals surface area contributed by atoms with Crippen molar-refractivity contribution in [3.63, 3.8) is 0 Å². The van der Waals surface area contributed by atoms with Gasteiger partial charge in [0.25, 0.3) is 0 Å². The van der Waals surface area contributed by atoms with Gasteiger partial charge in [0.1, 0.15) is 0 Å². The molecule has 1 aliphatic carbocycles. The van der Waals surface area contributed by atoms with Gasteiger partial charge in [-0.1, -0.05) is 6.92 Å². The SMILES string of the molecule is CC[C@H]1CCC(=O)N1C1CCN(C2CC3(CCN(C(=O)O)C3)C2)CC1. The average Bonchev–Trinajstić information content (AvgIpc) is 3.18. The van der Waals surface area contributed by atoms with Crippen LogP contribution < -0.4 is 0 Å². The maximum Gasteiger partial charge on any atom is 0.407 e.